The first-order valence-corrected chi connectivity index (χ1v) is 5.88. The number of aryl methyl sites for hydroxylation is 1. The zero-order chi connectivity index (χ0) is 13.8. The number of anilines is 1. The van der Waals surface area contributed by atoms with Crippen LogP contribution in [0.4, 0.5) is 10.1 Å². The lowest BCUT2D eigenvalue weighted by atomic mass is 10.0. The SMILES string of the molecule is Cc1cccc(C(Nc2cccc(F)c2)C(=O)O)c1. The van der Waals surface area contributed by atoms with Gasteiger partial charge in [-0.25, -0.2) is 9.18 Å². The van der Waals surface area contributed by atoms with Crippen LogP contribution in [-0.4, -0.2) is 11.1 Å². The first kappa shape index (κ1) is 13.1. The molecule has 0 amide bonds. The Balaban J connectivity index is 2.29. The van der Waals surface area contributed by atoms with Gasteiger partial charge in [-0.2, -0.15) is 0 Å². The molecule has 0 saturated heterocycles. The summed E-state index contributed by atoms with van der Waals surface area (Å²) in [6.07, 6.45) is 0. The van der Waals surface area contributed by atoms with Crippen LogP contribution < -0.4 is 5.32 Å². The fraction of sp³-hybridized carbons (Fsp3) is 0.133. The molecule has 2 rings (SSSR count). The minimum atomic E-state index is -1.00. The standard InChI is InChI=1S/C15H14FNO2/c1-10-4-2-5-11(8-10)14(15(18)19)17-13-7-3-6-12(16)9-13/h2-9,14,17H,1H3,(H,18,19). The first-order valence-electron chi connectivity index (χ1n) is 5.88. The van der Waals surface area contributed by atoms with Crippen molar-refractivity contribution in [2.24, 2.45) is 0 Å². The Morgan fingerprint density at radius 2 is 1.95 bits per heavy atom. The number of carboxylic acid groups (broad SMARTS) is 1. The van der Waals surface area contributed by atoms with Crippen LogP contribution in [0, 0.1) is 12.7 Å². The fourth-order valence-corrected chi connectivity index (χ4v) is 1.88. The van der Waals surface area contributed by atoms with E-state index in [9.17, 15) is 14.3 Å². The van der Waals surface area contributed by atoms with Gasteiger partial charge in [0.2, 0.25) is 0 Å². The molecule has 0 aliphatic heterocycles. The van der Waals surface area contributed by atoms with Gasteiger partial charge in [0, 0.05) is 5.69 Å². The molecule has 1 unspecified atom stereocenters. The zero-order valence-electron chi connectivity index (χ0n) is 10.4. The van der Waals surface area contributed by atoms with Crippen LogP contribution in [0.3, 0.4) is 0 Å². The number of hydrogen-bond acceptors (Lipinski definition) is 2. The number of aliphatic carboxylic acids is 1. The fourth-order valence-electron chi connectivity index (χ4n) is 1.88. The lowest BCUT2D eigenvalue weighted by molar-refractivity contribution is -0.138. The molecule has 0 fully saturated rings. The van der Waals surface area contributed by atoms with Crippen molar-refractivity contribution in [2.75, 3.05) is 5.32 Å². The number of halogens is 1. The monoisotopic (exact) mass is 259 g/mol. The third-order valence-electron chi connectivity index (χ3n) is 2.76. The minimum absolute atomic E-state index is 0.404. The highest BCUT2D eigenvalue weighted by Crippen LogP contribution is 2.21. The molecule has 3 nitrogen and oxygen atoms in total. The smallest absolute Gasteiger partial charge is 0.330 e. The summed E-state index contributed by atoms with van der Waals surface area (Å²) in [5, 5.41) is 12.1. The van der Waals surface area contributed by atoms with E-state index in [4.69, 9.17) is 0 Å². The number of carboxylic acids is 1. The summed E-state index contributed by atoms with van der Waals surface area (Å²) in [7, 11) is 0. The maximum Gasteiger partial charge on any atom is 0.330 e. The average molecular weight is 259 g/mol. The molecule has 0 aliphatic rings. The third kappa shape index (κ3) is 3.31. The number of rotatable bonds is 4. The number of nitrogens with one attached hydrogen (secondary N) is 1. The van der Waals surface area contributed by atoms with Crippen molar-refractivity contribution < 1.29 is 14.3 Å². The summed E-state index contributed by atoms with van der Waals surface area (Å²) in [6, 6.07) is 12.1. The summed E-state index contributed by atoms with van der Waals surface area (Å²) in [4.78, 5) is 11.3. The van der Waals surface area contributed by atoms with Gasteiger partial charge in [0.15, 0.2) is 6.04 Å². The normalized spacial score (nSPS) is 11.9. The van der Waals surface area contributed by atoms with Crippen molar-refractivity contribution in [2.45, 2.75) is 13.0 Å². The molecule has 0 radical (unpaired) electrons. The molecule has 0 aliphatic carbocycles. The second kappa shape index (κ2) is 5.52. The molecule has 0 bridgehead atoms. The molecule has 0 heterocycles. The Hall–Kier alpha value is -2.36. The Morgan fingerprint density at radius 1 is 1.21 bits per heavy atom. The second-order valence-corrected chi connectivity index (χ2v) is 4.34. The average Bonchev–Trinajstić information content (AvgIpc) is 2.35. The van der Waals surface area contributed by atoms with Gasteiger partial charge in [0.25, 0.3) is 0 Å². The summed E-state index contributed by atoms with van der Waals surface area (Å²) in [5.41, 5.74) is 2.05. The van der Waals surface area contributed by atoms with Crippen molar-refractivity contribution >= 4 is 11.7 Å². The zero-order valence-corrected chi connectivity index (χ0v) is 10.4. The van der Waals surface area contributed by atoms with E-state index >= 15 is 0 Å². The molecule has 2 aromatic carbocycles. The van der Waals surface area contributed by atoms with Crippen LogP contribution in [-0.2, 0) is 4.79 Å². The van der Waals surface area contributed by atoms with E-state index in [1.165, 1.54) is 18.2 Å². The largest absolute Gasteiger partial charge is 0.479 e. The van der Waals surface area contributed by atoms with E-state index in [-0.39, 0.29) is 0 Å². The van der Waals surface area contributed by atoms with E-state index in [0.29, 0.717) is 11.3 Å². The minimum Gasteiger partial charge on any atom is -0.479 e. The Morgan fingerprint density at radius 3 is 2.58 bits per heavy atom. The first-order chi connectivity index (χ1) is 9.06. The van der Waals surface area contributed by atoms with Gasteiger partial charge >= 0.3 is 5.97 Å². The Kier molecular flexibility index (Phi) is 3.80. The van der Waals surface area contributed by atoms with E-state index in [1.807, 2.05) is 13.0 Å². The molecule has 98 valence electrons. The van der Waals surface area contributed by atoms with Crippen molar-refractivity contribution in [1.82, 2.24) is 0 Å². The molecule has 0 saturated carbocycles. The summed E-state index contributed by atoms with van der Waals surface area (Å²) in [6.45, 7) is 1.89. The van der Waals surface area contributed by atoms with Gasteiger partial charge in [-0.05, 0) is 30.7 Å². The van der Waals surface area contributed by atoms with Gasteiger partial charge in [0.05, 0.1) is 0 Å². The quantitative estimate of drug-likeness (QED) is 0.885. The molecule has 0 spiro atoms. The molecule has 0 aromatic heterocycles. The van der Waals surface area contributed by atoms with Crippen molar-refractivity contribution in [1.29, 1.82) is 0 Å². The predicted molar refractivity (Wildman–Crippen MR) is 71.6 cm³/mol. The van der Waals surface area contributed by atoms with E-state index in [1.54, 1.807) is 24.3 Å². The molecule has 2 aromatic rings. The summed E-state index contributed by atoms with van der Waals surface area (Å²) >= 11 is 0. The maximum atomic E-state index is 13.1. The summed E-state index contributed by atoms with van der Waals surface area (Å²) in [5.74, 6) is -1.41. The molecular formula is C15H14FNO2. The van der Waals surface area contributed by atoms with Gasteiger partial charge in [-0.1, -0.05) is 35.9 Å². The second-order valence-electron chi connectivity index (χ2n) is 4.34. The van der Waals surface area contributed by atoms with Crippen LogP contribution in [0.25, 0.3) is 0 Å². The summed E-state index contributed by atoms with van der Waals surface area (Å²) < 4.78 is 13.1. The third-order valence-corrected chi connectivity index (χ3v) is 2.76. The van der Waals surface area contributed by atoms with E-state index in [2.05, 4.69) is 5.32 Å². The molecule has 2 N–H and O–H groups in total. The van der Waals surface area contributed by atoms with Crippen LogP contribution >= 0.6 is 0 Å². The van der Waals surface area contributed by atoms with E-state index < -0.39 is 17.8 Å². The van der Waals surface area contributed by atoms with E-state index in [0.717, 1.165) is 5.56 Å². The van der Waals surface area contributed by atoms with Crippen molar-refractivity contribution in [3.8, 4) is 0 Å². The van der Waals surface area contributed by atoms with Gasteiger partial charge in [0.1, 0.15) is 5.82 Å². The molecule has 1 atom stereocenters. The van der Waals surface area contributed by atoms with Crippen molar-refractivity contribution in [3.05, 3.63) is 65.5 Å². The highest BCUT2D eigenvalue weighted by molar-refractivity contribution is 5.79. The molecule has 4 heteroatoms. The van der Waals surface area contributed by atoms with Crippen molar-refractivity contribution in [3.63, 3.8) is 0 Å². The lowest BCUT2D eigenvalue weighted by Gasteiger charge is -2.16. The number of hydrogen-bond donors (Lipinski definition) is 2. The number of carbonyl (C=O) groups is 1. The molecular weight excluding hydrogens is 245 g/mol. The van der Waals surface area contributed by atoms with Gasteiger partial charge in [-0.15, -0.1) is 0 Å². The van der Waals surface area contributed by atoms with Crippen LogP contribution in [0.15, 0.2) is 48.5 Å². The topological polar surface area (TPSA) is 49.3 Å². The van der Waals surface area contributed by atoms with Crippen LogP contribution in [0.1, 0.15) is 17.2 Å². The van der Waals surface area contributed by atoms with Gasteiger partial charge in [-0.3, -0.25) is 0 Å². The van der Waals surface area contributed by atoms with Crippen LogP contribution in [0.5, 0.6) is 0 Å². The highest BCUT2D eigenvalue weighted by atomic mass is 19.1. The highest BCUT2D eigenvalue weighted by Gasteiger charge is 2.19. The molecule has 19 heavy (non-hydrogen) atoms. The Labute approximate surface area is 110 Å². The van der Waals surface area contributed by atoms with Gasteiger partial charge < -0.3 is 10.4 Å². The predicted octanol–water partition coefficient (Wildman–Crippen LogP) is 3.37. The van der Waals surface area contributed by atoms with Crippen LogP contribution in [0.2, 0.25) is 0 Å². The maximum absolute atomic E-state index is 13.1. The number of benzene rings is 2. The lowest BCUT2D eigenvalue weighted by Crippen LogP contribution is -2.20. The Bertz CT molecular complexity index is 598.